The Morgan fingerprint density at radius 2 is 2.13 bits per heavy atom. The molecule has 3 heteroatoms. The third kappa shape index (κ3) is 2.37. The van der Waals surface area contributed by atoms with Gasteiger partial charge in [-0.2, -0.15) is 0 Å². The number of likely N-dealkylation sites (N-methyl/N-ethyl adjacent to an activating group) is 1. The normalized spacial score (nSPS) is 27.9. The van der Waals surface area contributed by atoms with Gasteiger partial charge < -0.3 is 9.84 Å². The van der Waals surface area contributed by atoms with Gasteiger partial charge in [-0.15, -0.1) is 0 Å². The third-order valence-corrected chi connectivity index (χ3v) is 2.90. The Labute approximate surface area is 90.3 Å². The molecule has 2 atom stereocenters. The number of aliphatic hydroxyl groups excluding tert-OH is 1. The van der Waals surface area contributed by atoms with Crippen LogP contribution in [-0.2, 0) is 4.74 Å². The first kappa shape index (κ1) is 10.6. The highest BCUT2D eigenvalue weighted by atomic mass is 16.5. The second-order valence-corrected chi connectivity index (χ2v) is 4.00. The second-order valence-electron chi connectivity index (χ2n) is 4.00. The first-order valence-corrected chi connectivity index (χ1v) is 5.29. The maximum atomic E-state index is 9.01. The second kappa shape index (κ2) is 4.75. The molecule has 1 fully saturated rings. The highest BCUT2D eigenvalue weighted by Crippen LogP contribution is 2.24. The van der Waals surface area contributed by atoms with Crippen molar-refractivity contribution in [2.45, 2.75) is 12.1 Å². The van der Waals surface area contributed by atoms with Crippen molar-refractivity contribution >= 4 is 0 Å². The van der Waals surface area contributed by atoms with E-state index in [2.05, 4.69) is 24.1 Å². The van der Waals surface area contributed by atoms with Gasteiger partial charge in [-0.05, 0) is 12.6 Å². The first-order valence-electron chi connectivity index (χ1n) is 5.29. The first-order chi connectivity index (χ1) is 7.31. The van der Waals surface area contributed by atoms with E-state index < -0.39 is 0 Å². The summed E-state index contributed by atoms with van der Waals surface area (Å²) < 4.78 is 5.57. The van der Waals surface area contributed by atoms with E-state index in [1.807, 2.05) is 18.2 Å². The van der Waals surface area contributed by atoms with Crippen LogP contribution in [0, 0.1) is 0 Å². The van der Waals surface area contributed by atoms with Crippen LogP contribution in [0.3, 0.4) is 0 Å². The third-order valence-electron chi connectivity index (χ3n) is 2.90. The van der Waals surface area contributed by atoms with Gasteiger partial charge in [0.05, 0.1) is 25.4 Å². The molecule has 0 saturated carbocycles. The van der Waals surface area contributed by atoms with E-state index in [0.717, 1.165) is 6.54 Å². The molecule has 3 nitrogen and oxygen atoms in total. The smallest absolute Gasteiger partial charge is 0.0933 e. The van der Waals surface area contributed by atoms with Crippen LogP contribution < -0.4 is 0 Å². The van der Waals surface area contributed by atoms with Crippen molar-refractivity contribution in [3.63, 3.8) is 0 Å². The Hall–Kier alpha value is -0.900. The largest absolute Gasteiger partial charge is 0.394 e. The molecule has 2 rings (SSSR count). The average Bonchev–Trinajstić information content (AvgIpc) is 2.30. The molecule has 0 aromatic heterocycles. The van der Waals surface area contributed by atoms with E-state index in [9.17, 15) is 0 Å². The molecule has 82 valence electrons. The van der Waals surface area contributed by atoms with Gasteiger partial charge in [0, 0.05) is 6.54 Å². The van der Waals surface area contributed by atoms with Crippen LogP contribution in [0.1, 0.15) is 11.6 Å². The van der Waals surface area contributed by atoms with Gasteiger partial charge in [-0.25, -0.2) is 0 Å². The minimum absolute atomic E-state index is 0.0324. The molecule has 1 saturated heterocycles. The molecule has 15 heavy (non-hydrogen) atoms. The van der Waals surface area contributed by atoms with Crippen LogP contribution >= 0.6 is 0 Å². The lowest BCUT2D eigenvalue weighted by atomic mass is 10.0. The Balaban J connectivity index is 2.06. The number of hydrogen-bond donors (Lipinski definition) is 1. The summed E-state index contributed by atoms with van der Waals surface area (Å²) in [6, 6.07) is 10.6. The SMILES string of the molecule is CN1C[C@H](CO)OC[C@H]1c1ccccc1. The predicted octanol–water partition coefficient (Wildman–Crippen LogP) is 1.05. The summed E-state index contributed by atoms with van der Waals surface area (Å²) in [7, 11) is 2.07. The number of rotatable bonds is 2. The van der Waals surface area contributed by atoms with Crippen molar-refractivity contribution in [3.8, 4) is 0 Å². The van der Waals surface area contributed by atoms with Gasteiger partial charge in [-0.1, -0.05) is 30.3 Å². The highest BCUT2D eigenvalue weighted by Gasteiger charge is 2.26. The molecule has 1 aromatic rings. The summed E-state index contributed by atoms with van der Waals surface area (Å²) in [5, 5.41) is 9.01. The fraction of sp³-hybridized carbons (Fsp3) is 0.500. The standard InChI is InChI=1S/C12H17NO2/c1-13-7-11(8-14)15-9-12(13)10-5-3-2-4-6-10/h2-6,11-12,14H,7-9H2,1H3/t11-,12+/m1/s1. The maximum absolute atomic E-state index is 9.01. The minimum atomic E-state index is -0.0324. The number of hydrogen-bond acceptors (Lipinski definition) is 3. The average molecular weight is 207 g/mol. The Morgan fingerprint density at radius 3 is 2.73 bits per heavy atom. The fourth-order valence-electron chi connectivity index (χ4n) is 1.99. The molecular weight excluding hydrogens is 190 g/mol. The lowest BCUT2D eigenvalue weighted by Crippen LogP contribution is -2.43. The molecule has 1 N–H and O–H groups in total. The number of ether oxygens (including phenoxy) is 1. The van der Waals surface area contributed by atoms with Crippen molar-refractivity contribution in [1.82, 2.24) is 4.90 Å². The number of aliphatic hydroxyl groups is 1. The van der Waals surface area contributed by atoms with Gasteiger partial charge in [0.15, 0.2) is 0 Å². The monoisotopic (exact) mass is 207 g/mol. The van der Waals surface area contributed by atoms with E-state index in [1.54, 1.807) is 0 Å². The Kier molecular flexibility index (Phi) is 3.36. The zero-order chi connectivity index (χ0) is 10.7. The zero-order valence-electron chi connectivity index (χ0n) is 8.97. The molecule has 0 amide bonds. The van der Waals surface area contributed by atoms with Crippen molar-refractivity contribution in [1.29, 1.82) is 0 Å². The van der Waals surface area contributed by atoms with Crippen molar-refractivity contribution < 1.29 is 9.84 Å². The number of nitrogens with zero attached hydrogens (tertiary/aromatic N) is 1. The zero-order valence-corrected chi connectivity index (χ0v) is 8.97. The molecule has 0 radical (unpaired) electrons. The highest BCUT2D eigenvalue weighted by molar-refractivity contribution is 5.19. The Morgan fingerprint density at radius 1 is 1.40 bits per heavy atom. The van der Waals surface area contributed by atoms with Crippen LogP contribution in [-0.4, -0.2) is 42.9 Å². The van der Waals surface area contributed by atoms with Crippen LogP contribution in [0.25, 0.3) is 0 Å². The summed E-state index contributed by atoms with van der Waals surface area (Å²) in [5.41, 5.74) is 1.27. The van der Waals surface area contributed by atoms with Crippen molar-refractivity contribution in [3.05, 3.63) is 35.9 Å². The van der Waals surface area contributed by atoms with Crippen molar-refractivity contribution in [2.75, 3.05) is 26.8 Å². The summed E-state index contributed by atoms with van der Waals surface area (Å²) >= 11 is 0. The maximum Gasteiger partial charge on any atom is 0.0933 e. The van der Waals surface area contributed by atoms with Crippen LogP contribution in [0.2, 0.25) is 0 Å². The van der Waals surface area contributed by atoms with E-state index in [0.29, 0.717) is 12.6 Å². The van der Waals surface area contributed by atoms with E-state index >= 15 is 0 Å². The molecule has 0 aliphatic carbocycles. The summed E-state index contributed by atoms with van der Waals surface area (Å²) in [6.07, 6.45) is -0.0324. The summed E-state index contributed by atoms with van der Waals surface area (Å²) in [5.74, 6) is 0. The van der Waals surface area contributed by atoms with Crippen LogP contribution in [0.15, 0.2) is 30.3 Å². The van der Waals surface area contributed by atoms with Gasteiger partial charge in [0.2, 0.25) is 0 Å². The summed E-state index contributed by atoms with van der Waals surface area (Å²) in [6.45, 7) is 1.55. The van der Waals surface area contributed by atoms with Gasteiger partial charge in [0.1, 0.15) is 0 Å². The molecule has 0 unspecified atom stereocenters. The van der Waals surface area contributed by atoms with Gasteiger partial charge in [0.25, 0.3) is 0 Å². The molecule has 1 aromatic carbocycles. The molecule has 0 bridgehead atoms. The molecule has 1 aliphatic rings. The van der Waals surface area contributed by atoms with Crippen molar-refractivity contribution in [2.24, 2.45) is 0 Å². The molecule has 1 aliphatic heterocycles. The molecule has 0 spiro atoms. The number of benzene rings is 1. The van der Waals surface area contributed by atoms with Crippen LogP contribution in [0.4, 0.5) is 0 Å². The molecular formula is C12H17NO2. The summed E-state index contributed by atoms with van der Waals surface area (Å²) in [4.78, 5) is 2.24. The fourth-order valence-corrected chi connectivity index (χ4v) is 1.99. The minimum Gasteiger partial charge on any atom is -0.394 e. The quantitative estimate of drug-likeness (QED) is 0.787. The van der Waals surface area contributed by atoms with E-state index in [1.165, 1.54) is 5.56 Å². The Bertz CT molecular complexity index is 302. The number of morpholine rings is 1. The lowest BCUT2D eigenvalue weighted by Gasteiger charge is -2.36. The van der Waals surface area contributed by atoms with E-state index in [-0.39, 0.29) is 12.7 Å². The predicted molar refractivity (Wildman–Crippen MR) is 58.6 cm³/mol. The lowest BCUT2D eigenvalue weighted by molar-refractivity contribution is -0.0751. The van der Waals surface area contributed by atoms with Crippen LogP contribution in [0.5, 0.6) is 0 Å². The van der Waals surface area contributed by atoms with Gasteiger partial charge in [-0.3, -0.25) is 4.90 Å². The van der Waals surface area contributed by atoms with E-state index in [4.69, 9.17) is 9.84 Å². The topological polar surface area (TPSA) is 32.7 Å². The van der Waals surface area contributed by atoms with Gasteiger partial charge >= 0.3 is 0 Å². The molecule has 1 heterocycles.